The van der Waals surface area contributed by atoms with E-state index >= 15 is 0 Å². The van der Waals surface area contributed by atoms with Crippen molar-refractivity contribution in [3.63, 3.8) is 0 Å². The summed E-state index contributed by atoms with van der Waals surface area (Å²) in [5.74, 6) is 1.29. The molecule has 0 unspecified atom stereocenters. The van der Waals surface area contributed by atoms with Crippen molar-refractivity contribution < 1.29 is 18.4 Å². The maximum atomic E-state index is 13.9. The third-order valence-corrected chi connectivity index (χ3v) is 4.82. The molecule has 1 aliphatic heterocycles. The molecule has 1 fully saturated rings. The number of nitrogens with zero attached hydrogens (tertiary/aromatic N) is 1. The largest absolute Gasteiger partial charge is 0.497 e. The van der Waals surface area contributed by atoms with Crippen LogP contribution in [-0.2, 0) is 17.7 Å². The van der Waals surface area contributed by atoms with Gasteiger partial charge in [0.25, 0.3) is 0 Å². The predicted octanol–water partition coefficient (Wildman–Crippen LogP) is 3.59. The zero-order chi connectivity index (χ0) is 18.7. The molecular formula is C21H21FN2O3. The van der Waals surface area contributed by atoms with Gasteiger partial charge in [0.2, 0.25) is 0 Å². The molecule has 0 radical (unpaired) electrons. The van der Waals surface area contributed by atoms with Crippen LogP contribution in [0.3, 0.4) is 0 Å². The van der Waals surface area contributed by atoms with Gasteiger partial charge < -0.3 is 19.3 Å². The molecule has 2 heterocycles. The summed E-state index contributed by atoms with van der Waals surface area (Å²) in [5.41, 5.74) is 2.16. The number of methoxy groups -OCH3 is 1. The highest BCUT2D eigenvalue weighted by Gasteiger charge is 2.39. The Hall–Kier alpha value is -2.70. The van der Waals surface area contributed by atoms with Crippen molar-refractivity contribution in [2.45, 2.75) is 18.5 Å². The molecule has 1 aliphatic rings. The Morgan fingerprint density at radius 2 is 1.93 bits per heavy atom. The monoisotopic (exact) mass is 368 g/mol. The lowest BCUT2D eigenvalue weighted by Crippen LogP contribution is -2.61. The lowest BCUT2D eigenvalue weighted by molar-refractivity contribution is -0.0756. The molecule has 0 atom stereocenters. The molecular weight excluding hydrogens is 347 g/mol. The first kappa shape index (κ1) is 17.7. The van der Waals surface area contributed by atoms with Crippen molar-refractivity contribution in [3.8, 4) is 17.1 Å². The summed E-state index contributed by atoms with van der Waals surface area (Å²) < 4.78 is 29.9. The SMILES string of the molecule is COc1ccc(-c2cc(CC3(NCc4ccccc4F)COC3)no2)cc1. The van der Waals surface area contributed by atoms with Crippen LogP contribution in [-0.4, -0.2) is 31.0 Å². The van der Waals surface area contributed by atoms with Crippen LogP contribution in [0.15, 0.2) is 59.1 Å². The Morgan fingerprint density at radius 3 is 2.59 bits per heavy atom. The van der Waals surface area contributed by atoms with Gasteiger partial charge in [0.05, 0.1) is 31.6 Å². The van der Waals surface area contributed by atoms with Gasteiger partial charge in [-0.15, -0.1) is 0 Å². The Bertz CT molecular complexity index is 904. The third-order valence-electron chi connectivity index (χ3n) is 4.82. The summed E-state index contributed by atoms with van der Waals surface area (Å²) in [6, 6.07) is 16.4. The average molecular weight is 368 g/mol. The zero-order valence-electron chi connectivity index (χ0n) is 15.1. The summed E-state index contributed by atoms with van der Waals surface area (Å²) in [6.45, 7) is 1.57. The fraction of sp³-hybridized carbons (Fsp3) is 0.286. The van der Waals surface area contributed by atoms with Gasteiger partial charge in [0, 0.05) is 30.2 Å². The normalized spacial score (nSPS) is 15.3. The molecule has 27 heavy (non-hydrogen) atoms. The van der Waals surface area contributed by atoms with Crippen molar-refractivity contribution in [2.75, 3.05) is 20.3 Å². The fourth-order valence-corrected chi connectivity index (χ4v) is 3.17. The van der Waals surface area contributed by atoms with E-state index in [1.807, 2.05) is 36.4 Å². The topological polar surface area (TPSA) is 56.5 Å². The standard InChI is InChI=1S/C21H21FN2O3/c1-25-18-8-6-15(7-9-18)20-10-17(24-27-20)11-21(13-26-14-21)23-12-16-4-2-3-5-19(16)22/h2-10,23H,11-14H2,1H3. The third kappa shape index (κ3) is 3.86. The first-order valence-corrected chi connectivity index (χ1v) is 8.84. The van der Waals surface area contributed by atoms with E-state index < -0.39 is 0 Å². The van der Waals surface area contributed by atoms with E-state index in [1.165, 1.54) is 6.07 Å². The quantitative estimate of drug-likeness (QED) is 0.691. The van der Waals surface area contributed by atoms with Gasteiger partial charge in [-0.05, 0) is 30.3 Å². The highest BCUT2D eigenvalue weighted by Crippen LogP contribution is 2.27. The Labute approximate surface area is 157 Å². The van der Waals surface area contributed by atoms with Crippen LogP contribution in [0.1, 0.15) is 11.3 Å². The molecule has 0 amide bonds. The number of hydrogen-bond acceptors (Lipinski definition) is 5. The summed E-state index contributed by atoms with van der Waals surface area (Å²) in [6.07, 6.45) is 0.654. The second-order valence-electron chi connectivity index (χ2n) is 6.81. The van der Waals surface area contributed by atoms with Crippen LogP contribution in [0.25, 0.3) is 11.3 Å². The lowest BCUT2D eigenvalue weighted by Gasteiger charge is -2.42. The number of halogens is 1. The van der Waals surface area contributed by atoms with Gasteiger partial charge in [-0.3, -0.25) is 0 Å². The summed E-state index contributed by atoms with van der Waals surface area (Å²) in [7, 11) is 1.63. The first-order valence-electron chi connectivity index (χ1n) is 8.84. The Morgan fingerprint density at radius 1 is 1.15 bits per heavy atom. The number of rotatable bonds is 7. The van der Waals surface area contributed by atoms with Crippen LogP contribution in [0, 0.1) is 5.82 Å². The van der Waals surface area contributed by atoms with Crippen LogP contribution in [0.5, 0.6) is 5.75 Å². The van der Waals surface area contributed by atoms with Gasteiger partial charge in [-0.25, -0.2) is 4.39 Å². The van der Waals surface area contributed by atoms with E-state index in [0.29, 0.717) is 37.5 Å². The minimum Gasteiger partial charge on any atom is -0.497 e. The number of aromatic nitrogens is 1. The Balaban J connectivity index is 1.44. The molecule has 1 N–H and O–H groups in total. The number of benzene rings is 2. The molecule has 6 heteroatoms. The van der Waals surface area contributed by atoms with E-state index in [9.17, 15) is 4.39 Å². The zero-order valence-corrected chi connectivity index (χ0v) is 15.1. The highest BCUT2D eigenvalue weighted by atomic mass is 19.1. The van der Waals surface area contributed by atoms with Gasteiger partial charge in [-0.2, -0.15) is 0 Å². The highest BCUT2D eigenvalue weighted by molar-refractivity contribution is 5.58. The van der Waals surface area contributed by atoms with Crippen LogP contribution in [0.4, 0.5) is 4.39 Å². The maximum absolute atomic E-state index is 13.9. The summed E-state index contributed by atoms with van der Waals surface area (Å²) in [5, 5.41) is 7.64. The van der Waals surface area contributed by atoms with Crippen LogP contribution in [0.2, 0.25) is 0 Å². The molecule has 5 nitrogen and oxygen atoms in total. The van der Waals surface area contributed by atoms with Crippen molar-refractivity contribution in [2.24, 2.45) is 0 Å². The number of ether oxygens (including phenoxy) is 2. The van der Waals surface area contributed by atoms with E-state index in [4.69, 9.17) is 14.0 Å². The molecule has 1 aromatic heterocycles. The van der Waals surface area contributed by atoms with Crippen molar-refractivity contribution in [1.29, 1.82) is 0 Å². The molecule has 0 saturated carbocycles. The summed E-state index contributed by atoms with van der Waals surface area (Å²) in [4.78, 5) is 0. The average Bonchev–Trinajstić information content (AvgIpc) is 3.13. The van der Waals surface area contributed by atoms with Crippen LogP contribution >= 0.6 is 0 Å². The number of nitrogens with one attached hydrogen (secondary N) is 1. The molecule has 140 valence electrons. The van der Waals surface area contributed by atoms with Crippen molar-refractivity contribution >= 4 is 0 Å². The minimum atomic E-state index is -0.254. The van der Waals surface area contributed by atoms with Gasteiger partial charge in [0.1, 0.15) is 11.6 Å². The van der Waals surface area contributed by atoms with E-state index in [0.717, 1.165) is 17.0 Å². The first-order chi connectivity index (χ1) is 13.2. The van der Waals surface area contributed by atoms with Crippen molar-refractivity contribution in [1.82, 2.24) is 10.5 Å². The van der Waals surface area contributed by atoms with E-state index in [1.54, 1.807) is 19.2 Å². The smallest absolute Gasteiger partial charge is 0.167 e. The molecule has 3 aromatic rings. The fourth-order valence-electron chi connectivity index (χ4n) is 3.17. The molecule has 2 aromatic carbocycles. The van der Waals surface area contributed by atoms with Crippen molar-refractivity contribution in [3.05, 3.63) is 71.7 Å². The predicted molar refractivity (Wildman–Crippen MR) is 99.0 cm³/mol. The summed E-state index contributed by atoms with van der Waals surface area (Å²) >= 11 is 0. The van der Waals surface area contributed by atoms with Gasteiger partial charge in [-0.1, -0.05) is 23.4 Å². The van der Waals surface area contributed by atoms with Gasteiger partial charge >= 0.3 is 0 Å². The molecule has 0 spiro atoms. The molecule has 4 rings (SSSR count). The van der Waals surface area contributed by atoms with Gasteiger partial charge in [0.15, 0.2) is 5.76 Å². The van der Waals surface area contributed by atoms with E-state index in [2.05, 4.69) is 10.5 Å². The molecule has 0 bridgehead atoms. The number of hydrogen-bond donors (Lipinski definition) is 1. The Kier molecular flexibility index (Phi) is 4.92. The van der Waals surface area contributed by atoms with E-state index in [-0.39, 0.29) is 11.4 Å². The second kappa shape index (κ2) is 7.50. The van der Waals surface area contributed by atoms with Crippen LogP contribution < -0.4 is 10.1 Å². The molecule has 0 aliphatic carbocycles. The minimum absolute atomic E-state index is 0.205. The molecule has 1 saturated heterocycles. The second-order valence-corrected chi connectivity index (χ2v) is 6.81. The lowest BCUT2D eigenvalue weighted by atomic mass is 9.90. The maximum Gasteiger partial charge on any atom is 0.167 e.